The number of benzene rings is 2. The van der Waals surface area contributed by atoms with Crippen molar-refractivity contribution in [1.29, 1.82) is 0 Å². The maximum atomic E-state index is 12.9. The first-order valence-electron chi connectivity index (χ1n) is 8.96. The van der Waals surface area contributed by atoms with Crippen LogP contribution < -0.4 is 5.32 Å². The van der Waals surface area contributed by atoms with Gasteiger partial charge < -0.3 is 10.2 Å². The fraction of sp³-hybridized carbons (Fsp3) is 0.143. The number of carbonyl (C=O) groups is 1. The van der Waals surface area contributed by atoms with E-state index < -0.39 is 4.92 Å². The summed E-state index contributed by atoms with van der Waals surface area (Å²) in [5, 5.41) is 14.2. The van der Waals surface area contributed by atoms with Crippen molar-refractivity contribution in [2.45, 2.75) is 13.0 Å². The average molecular weight is 455 g/mol. The molecule has 2 aromatic carbocycles. The molecule has 0 fully saturated rings. The average Bonchev–Trinajstić information content (AvgIpc) is 2.72. The summed E-state index contributed by atoms with van der Waals surface area (Å²) in [5.41, 5.74) is 1.94. The van der Waals surface area contributed by atoms with Crippen LogP contribution in [-0.2, 0) is 13.0 Å². The minimum Gasteiger partial charge on any atom is -0.320 e. The third-order valence-corrected chi connectivity index (χ3v) is 4.77. The maximum Gasteiger partial charge on any atom is 0.322 e. The molecule has 0 aliphatic heterocycles. The van der Waals surface area contributed by atoms with Gasteiger partial charge in [-0.1, -0.05) is 46.3 Å². The molecule has 7 nitrogen and oxygen atoms in total. The molecule has 29 heavy (non-hydrogen) atoms. The molecule has 0 spiro atoms. The van der Waals surface area contributed by atoms with Gasteiger partial charge in [0.05, 0.1) is 11.5 Å². The second-order valence-corrected chi connectivity index (χ2v) is 7.23. The van der Waals surface area contributed by atoms with Gasteiger partial charge in [0.2, 0.25) is 0 Å². The summed E-state index contributed by atoms with van der Waals surface area (Å²) in [6.07, 6.45) is 2.23. The van der Waals surface area contributed by atoms with Crippen molar-refractivity contribution >= 4 is 33.3 Å². The monoisotopic (exact) mass is 454 g/mol. The first-order chi connectivity index (χ1) is 14.0. The lowest BCUT2D eigenvalue weighted by atomic mass is 10.1. The van der Waals surface area contributed by atoms with E-state index in [1.54, 1.807) is 41.4 Å². The zero-order valence-electron chi connectivity index (χ0n) is 15.5. The number of amides is 2. The van der Waals surface area contributed by atoms with Crippen LogP contribution in [0.5, 0.6) is 0 Å². The number of hydrogen-bond acceptors (Lipinski definition) is 4. The highest BCUT2D eigenvalue weighted by Gasteiger charge is 2.20. The van der Waals surface area contributed by atoms with E-state index in [4.69, 9.17) is 0 Å². The molecule has 0 radical (unpaired) electrons. The van der Waals surface area contributed by atoms with Crippen LogP contribution in [0.25, 0.3) is 0 Å². The number of nitro groups is 1. The molecule has 1 N–H and O–H groups in total. The highest BCUT2D eigenvalue weighted by molar-refractivity contribution is 9.10. The first-order valence-corrected chi connectivity index (χ1v) is 9.76. The molecular weight excluding hydrogens is 436 g/mol. The van der Waals surface area contributed by atoms with Crippen LogP contribution in [0.1, 0.15) is 11.3 Å². The van der Waals surface area contributed by atoms with Gasteiger partial charge in [-0.25, -0.2) is 4.79 Å². The summed E-state index contributed by atoms with van der Waals surface area (Å²) < 4.78 is 0.842. The topological polar surface area (TPSA) is 88.4 Å². The Balaban J connectivity index is 1.80. The predicted molar refractivity (Wildman–Crippen MR) is 115 cm³/mol. The van der Waals surface area contributed by atoms with Crippen molar-refractivity contribution in [2.24, 2.45) is 0 Å². The molecule has 3 aromatic rings. The van der Waals surface area contributed by atoms with E-state index in [-0.39, 0.29) is 18.3 Å². The van der Waals surface area contributed by atoms with Crippen molar-refractivity contribution in [2.75, 3.05) is 11.9 Å². The van der Waals surface area contributed by atoms with Gasteiger partial charge in [-0.05, 0) is 30.3 Å². The third kappa shape index (κ3) is 5.86. The van der Waals surface area contributed by atoms with E-state index in [0.717, 1.165) is 10.2 Å². The van der Waals surface area contributed by atoms with Crippen molar-refractivity contribution < 1.29 is 9.72 Å². The highest BCUT2D eigenvalue weighted by atomic mass is 79.9. The Morgan fingerprint density at radius 2 is 1.90 bits per heavy atom. The molecule has 0 saturated heterocycles. The van der Waals surface area contributed by atoms with Crippen LogP contribution in [0.3, 0.4) is 0 Å². The molecule has 1 aromatic heterocycles. The second-order valence-electron chi connectivity index (χ2n) is 6.32. The molecule has 0 aliphatic carbocycles. The SMILES string of the molecule is O=C(Nc1cccc(Br)c1)N(CCc1ccccn1)Cc1ccccc1[N+](=O)[O-]. The Hall–Kier alpha value is -3.26. The molecule has 0 atom stereocenters. The number of nitro benzene ring substituents is 1. The van der Waals surface area contributed by atoms with E-state index in [0.29, 0.717) is 24.2 Å². The van der Waals surface area contributed by atoms with Gasteiger partial charge in [0.1, 0.15) is 0 Å². The summed E-state index contributed by atoms with van der Waals surface area (Å²) >= 11 is 3.38. The van der Waals surface area contributed by atoms with Crippen molar-refractivity contribution in [1.82, 2.24) is 9.88 Å². The number of nitrogens with zero attached hydrogens (tertiary/aromatic N) is 3. The number of aromatic nitrogens is 1. The van der Waals surface area contributed by atoms with Crippen LogP contribution in [0, 0.1) is 10.1 Å². The number of urea groups is 1. The normalized spacial score (nSPS) is 10.4. The minimum atomic E-state index is -0.432. The second kappa shape index (κ2) is 9.79. The Labute approximate surface area is 176 Å². The number of hydrogen-bond donors (Lipinski definition) is 1. The van der Waals surface area contributed by atoms with Crippen LogP contribution in [0.4, 0.5) is 16.2 Å². The van der Waals surface area contributed by atoms with Crippen molar-refractivity contribution in [3.63, 3.8) is 0 Å². The number of para-hydroxylation sites is 1. The van der Waals surface area contributed by atoms with Crippen molar-refractivity contribution in [3.05, 3.63) is 98.8 Å². The highest BCUT2D eigenvalue weighted by Crippen LogP contribution is 2.21. The Kier molecular flexibility index (Phi) is 6.91. The van der Waals surface area contributed by atoms with E-state index in [9.17, 15) is 14.9 Å². The zero-order valence-corrected chi connectivity index (χ0v) is 17.1. The summed E-state index contributed by atoms with van der Waals surface area (Å²) in [4.78, 5) is 29.7. The largest absolute Gasteiger partial charge is 0.322 e. The molecule has 8 heteroatoms. The van der Waals surface area contributed by atoms with E-state index >= 15 is 0 Å². The van der Waals surface area contributed by atoms with Gasteiger partial charge in [0.15, 0.2) is 0 Å². The summed E-state index contributed by atoms with van der Waals surface area (Å²) in [5.74, 6) is 0. The molecule has 0 bridgehead atoms. The van der Waals surface area contributed by atoms with E-state index in [2.05, 4.69) is 26.2 Å². The standard InChI is InChI=1S/C21H19BrN4O3/c22-17-7-5-9-19(14-17)24-21(27)25(13-11-18-8-3-4-12-23-18)15-16-6-1-2-10-20(16)26(28)29/h1-10,12,14H,11,13,15H2,(H,24,27). The zero-order chi connectivity index (χ0) is 20.6. The maximum absolute atomic E-state index is 12.9. The number of rotatable bonds is 7. The Morgan fingerprint density at radius 1 is 1.10 bits per heavy atom. The quantitative estimate of drug-likeness (QED) is 0.400. The summed E-state index contributed by atoms with van der Waals surface area (Å²) in [6, 6.07) is 19.0. The van der Waals surface area contributed by atoms with Gasteiger partial charge in [0.25, 0.3) is 5.69 Å². The number of pyridine rings is 1. The minimum absolute atomic E-state index is 0.00871. The Morgan fingerprint density at radius 3 is 2.62 bits per heavy atom. The van der Waals surface area contributed by atoms with Crippen LogP contribution in [0.2, 0.25) is 0 Å². The number of nitrogens with one attached hydrogen (secondary N) is 1. The molecular formula is C21H19BrN4O3. The van der Waals surface area contributed by atoms with E-state index in [1.165, 1.54) is 6.07 Å². The Bertz CT molecular complexity index is 998. The molecule has 1 heterocycles. The predicted octanol–water partition coefficient (Wildman–Crippen LogP) is 5.03. The number of anilines is 1. The van der Waals surface area contributed by atoms with Gasteiger partial charge in [-0.15, -0.1) is 0 Å². The smallest absolute Gasteiger partial charge is 0.320 e. The van der Waals surface area contributed by atoms with Gasteiger partial charge in [-0.2, -0.15) is 0 Å². The lowest BCUT2D eigenvalue weighted by molar-refractivity contribution is -0.385. The lowest BCUT2D eigenvalue weighted by Gasteiger charge is -2.23. The summed E-state index contributed by atoms with van der Waals surface area (Å²) in [6.45, 7) is 0.479. The molecule has 2 amide bonds. The van der Waals surface area contributed by atoms with Gasteiger partial charge in [-0.3, -0.25) is 15.1 Å². The van der Waals surface area contributed by atoms with Crippen molar-refractivity contribution in [3.8, 4) is 0 Å². The molecule has 0 aliphatic rings. The fourth-order valence-electron chi connectivity index (χ4n) is 2.84. The lowest BCUT2D eigenvalue weighted by Crippen LogP contribution is -2.36. The molecule has 0 unspecified atom stereocenters. The molecule has 0 saturated carbocycles. The number of carbonyl (C=O) groups excluding carboxylic acids is 1. The summed E-state index contributed by atoms with van der Waals surface area (Å²) in [7, 11) is 0. The van der Waals surface area contributed by atoms with Crippen LogP contribution in [-0.4, -0.2) is 27.4 Å². The van der Waals surface area contributed by atoms with Crippen LogP contribution in [0.15, 0.2) is 77.4 Å². The van der Waals surface area contributed by atoms with Gasteiger partial charge in [0, 0.05) is 46.6 Å². The third-order valence-electron chi connectivity index (χ3n) is 4.28. The first kappa shape index (κ1) is 20.5. The number of halogens is 1. The van der Waals surface area contributed by atoms with Crippen LogP contribution >= 0.6 is 15.9 Å². The fourth-order valence-corrected chi connectivity index (χ4v) is 3.24. The molecule has 148 valence electrons. The van der Waals surface area contributed by atoms with E-state index in [1.807, 2.05) is 30.3 Å². The van der Waals surface area contributed by atoms with Gasteiger partial charge >= 0.3 is 6.03 Å². The molecule has 3 rings (SSSR count).